The standard InChI is InChI=1S/C9H21BrN2/c1-9(10)8-12(4)7-5-6-11(2)3/h9H,5-8H2,1-4H3. The molecule has 74 valence electrons. The topological polar surface area (TPSA) is 6.48 Å². The van der Waals surface area contributed by atoms with E-state index in [-0.39, 0.29) is 0 Å². The minimum atomic E-state index is 0.599. The molecule has 0 heterocycles. The monoisotopic (exact) mass is 236 g/mol. The third kappa shape index (κ3) is 8.50. The number of nitrogens with zero attached hydrogens (tertiary/aromatic N) is 2. The molecule has 3 heteroatoms. The van der Waals surface area contributed by atoms with Gasteiger partial charge in [-0.25, -0.2) is 0 Å². The molecule has 0 amide bonds. The molecule has 0 N–H and O–H groups in total. The quantitative estimate of drug-likeness (QED) is 0.648. The van der Waals surface area contributed by atoms with Crippen LogP contribution in [0.25, 0.3) is 0 Å². The molecule has 0 fully saturated rings. The van der Waals surface area contributed by atoms with E-state index < -0.39 is 0 Å². The Bertz CT molecular complexity index is 105. The molecule has 0 saturated carbocycles. The van der Waals surface area contributed by atoms with Gasteiger partial charge in [0.25, 0.3) is 0 Å². The highest BCUT2D eigenvalue weighted by molar-refractivity contribution is 9.09. The molecule has 0 rings (SSSR count). The van der Waals surface area contributed by atoms with Crippen molar-refractivity contribution < 1.29 is 0 Å². The van der Waals surface area contributed by atoms with Crippen molar-refractivity contribution in [2.75, 3.05) is 40.8 Å². The molecule has 1 unspecified atom stereocenters. The molecule has 0 aromatic carbocycles. The Hall–Kier alpha value is 0.400. The van der Waals surface area contributed by atoms with E-state index in [1.165, 1.54) is 19.5 Å². The first-order valence-corrected chi connectivity index (χ1v) is 5.41. The largest absolute Gasteiger partial charge is 0.309 e. The van der Waals surface area contributed by atoms with Gasteiger partial charge in [0, 0.05) is 11.4 Å². The molecule has 0 radical (unpaired) electrons. The van der Waals surface area contributed by atoms with E-state index >= 15 is 0 Å². The van der Waals surface area contributed by atoms with Gasteiger partial charge in [0.2, 0.25) is 0 Å². The second-order valence-electron chi connectivity index (χ2n) is 3.70. The van der Waals surface area contributed by atoms with Crippen LogP contribution < -0.4 is 0 Å². The van der Waals surface area contributed by atoms with Crippen LogP contribution in [-0.2, 0) is 0 Å². The lowest BCUT2D eigenvalue weighted by Crippen LogP contribution is -2.27. The fourth-order valence-electron chi connectivity index (χ4n) is 1.18. The van der Waals surface area contributed by atoms with Crippen LogP contribution in [0.15, 0.2) is 0 Å². The third-order valence-corrected chi connectivity index (χ3v) is 2.00. The SMILES string of the molecule is CC(Br)CN(C)CCCN(C)C. The Morgan fingerprint density at radius 3 is 2.17 bits per heavy atom. The summed E-state index contributed by atoms with van der Waals surface area (Å²) >= 11 is 3.54. The van der Waals surface area contributed by atoms with E-state index in [4.69, 9.17) is 0 Å². The van der Waals surface area contributed by atoms with Crippen molar-refractivity contribution in [3.05, 3.63) is 0 Å². The predicted octanol–water partition coefficient (Wildman–Crippen LogP) is 1.65. The van der Waals surface area contributed by atoms with Crippen LogP contribution in [0.5, 0.6) is 0 Å². The smallest absolute Gasteiger partial charge is 0.0244 e. The van der Waals surface area contributed by atoms with E-state index in [0.29, 0.717) is 4.83 Å². The molecule has 0 bridgehead atoms. The molecule has 1 atom stereocenters. The Morgan fingerprint density at radius 1 is 1.17 bits per heavy atom. The van der Waals surface area contributed by atoms with E-state index in [1.807, 2.05) is 0 Å². The maximum Gasteiger partial charge on any atom is 0.0244 e. The Balaban J connectivity index is 3.25. The minimum absolute atomic E-state index is 0.599. The Morgan fingerprint density at radius 2 is 1.75 bits per heavy atom. The molecule has 2 nitrogen and oxygen atoms in total. The molecule has 12 heavy (non-hydrogen) atoms. The molecule has 0 aliphatic carbocycles. The molecular formula is C9H21BrN2. The first kappa shape index (κ1) is 12.4. The molecule has 0 spiro atoms. The van der Waals surface area contributed by atoms with Crippen molar-refractivity contribution in [1.29, 1.82) is 0 Å². The summed E-state index contributed by atoms with van der Waals surface area (Å²) in [5.41, 5.74) is 0. The van der Waals surface area contributed by atoms with Gasteiger partial charge in [0.1, 0.15) is 0 Å². The summed E-state index contributed by atoms with van der Waals surface area (Å²) in [5.74, 6) is 0. The van der Waals surface area contributed by atoms with Crippen molar-refractivity contribution in [3.63, 3.8) is 0 Å². The highest BCUT2D eigenvalue weighted by atomic mass is 79.9. The molecule has 0 aromatic heterocycles. The van der Waals surface area contributed by atoms with Crippen LogP contribution in [0.3, 0.4) is 0 Å². The van der Waals surface area contributed by atoms with Crippen LogP contribution in [0.2, 0.25) is 0 Å². The summed E-state index contributed by atoms with van der Waals surface area (Å²) in [6.07, 6.45) is 1.25. The van der Waals surface area contributed by atoms with Crippen molar-refractivity contribution in [3.8, 4) is 0 Å². The Labute approximate surface area is 85.0 Å². The molecule has 0 aromatic rings. The van der Waals surface area contributed by atoms with Gasteiger partial charge in [-0.1, -0.05) is 22.9 Å². The number of hydrogen-bond donors (Lipinski definition) is 0. The lowest BCUT2D eigenvalue weighted by Gasteiger charge is -2.19. The van der Waals surface area contributed by atoms with Gasteiger partial charge in [0.15, 0.2) is 0 Å². The molecule has 0 aliphatic heterocycles. The summed E-state index contributed by atoms with van der Waals surface area (Å²) in [4.78, 5) is 5.19. The minimum Gasteiger partial charge on any atom is -0.309 e. The Kier molecular flexibility index (Phi) is 7.10. The second-order valence-corrected chi connectivity index (χ2v) is 5.26. The van der Waals surface area contributed by atoms with E-state index in [1.54, 1.807) is 0 Å². The third-order valence-electron chi connectivity index (χ3n) is 1.71. The zero-order valence-electron chi connectivity index (χ0n) is 8.68. The van der Waals surface area contributed by atoms with Gasteiger partial charge < -0.3 is 9.80 Å². The first-order valence-electron chi connectivity index (χ1n) is 4.49. The van der Waals surface area contributed by atoms with Crippen molar-refractivity contribution in [1.82, 2.24) is 9.80 Å². The fraction of sp³-hybridized carbons (Fsp3) is 1.00. The van der Waals surface area contributed by atoms with E-state index in [0.717, 1.165) is 6.54 Å². The van der Waals surface area contributed by atoms with Gasteiger partial charge in [-0.05, 0) is 40.7 Å². The van der Waals surface area contributed by atoms with Crippen molar-refractivity contribution in [2.45, 2.75) is 18.2 Å². The van der Waals surface area contributed by atoms with E-state index in [2.05, 4.69) is 53.8 Å². The van der Waals surface area contributed by atoms with E-state index in [9.17, 15) is 0 Å². The van der Waals surface area contributed by atoms with Crippen LogP contribution in [-0.4, -0.2) is 55.4 Å². The summed E-state index contributed by atoms with van der Waals surface area (Å²) in [6, 6.07) is 0. The van der Waals surface area contributed by atoms with Crippen molar-refractivity contribution >= 4 is 15.9 Å². The fourth-order valence-corrected chi connectivity index (χ4v) is 1.67. The summed E-state index contributed by atoms with van der Waals surface area (Å²) in [6.45, 7) is 5.69. The van der Waals surface area contributed by atoms with Gasteiger partial charge in [-0.2, -0.15) is 0 Å². The number of hydrogen-bond acceptors (Lipinski definition) is 2. The number of rotatable bonds is 6. The highest BCUT2D eigenvalue weighted by Gasteiger charge is 2.01. The summed E-state index contributed by atoms with van der Waals surface area (Å²) in [5, 5.41) is 0. The maximum atomic E-state index is 3.54. The lowest BCUT2D eigenvalue weighted by atomic mass is 10.3. The molecular weight excluding hydrogens is 216 g/mol. The first-order chi connectivity index (χ1) is 5.52. The molecule has 0 saturated heterocycles. The molecule has 0 aliphatic rings. The predicted molar refractivity (Wildman–Crippen MR) is 59.1 cm³/mol. The van der Waals surface area contributed by atoms with Crippen molar-refractivity contribution in [2.24, 2.45) is 0 Å². The van der Waals surface area contributed by atoms with Crippen LogP contribution >= 0.6 is 15.9 Å². The maximum absolute atomic E-state index is 3.54. The highest BCUT2D eigenvalue weighted by Crippen LogP contribution is 2.00. The van der Waals surface area contributed by atoms with Gasteiger partial charge >= 0.3 is 0 Å². The van der Waals surface area contributed by atoms with Crippen LogP contribution in [0.4, 0.5) is 0 Å². The van der Waals surface area contributed by atoms with Crippen LogP contribution in [0.1, 0.15) is 13.3 Å². The number of halogens is 1. The summed E-state index contributed by atoms with van der Waals surface area (Å²) in [7, 11) is 6.41. The van der Waals surface area contributed by atoms with Crippen LogP contribution in [0, 0.1) is 0 Å². The summed E-state index contributed by atoms with van der Waals surface area (Å²) < 4.78 is 0. The van der Waals surface area contributed by atoms with Gasteiger partial charge in [-0.15, -0.1) is 0 Å². The zero-order valence-corrected chi connectivity index (χ0v) is 10.3. The average molecular weight is 237 g/mol. The van der Waals surface area contributed by atoms with Gasteiger partial charge in [-0.3, -0.25) is 0 Å². The van der Waals surface area contributed by atoms with Gasteiger partial charge in [0.05, 0.1) is 0 Å². The number of alkyl halides is 1. The second kappa shape index (κ2) is 6.87. The lowest BCUT2D eigenvalue weighted by molar-refractivity contribution is 0.304. The average Bonchev–Trinajstić information content (AvgIpc) is 1.84. The zero-order chi connectivity index (χ0) is 9.56. The normalized spacial score (nSPS) is 14.2.